The monoisotopic (exact) mass is 639 g/mol. The van der Waals surface area contributed by atoms with Crippen LogP contribution in [0, 0.1) is 0 Å². The lowest BCUT2D eigenvalue weighted by molar-refractivity contribution is 1.07. The number of fused-ring (bicyclic) bond motifs is 3. The van der Waals surface area contributed by atoms with Crippen LogP contribution >= 0.6 is 0 Å². The van der Waals surface area contributed by atoms with Crippen LogP contribution in [0.2, 0.25) is 0 Å². The molecule has 0 saturated carbocycles. The van der Waals surface area contributed by atoms with Crippen LogP contribution in [0.5, 0.6) is 0 Å². The van der Waals surface area contributed by atoms with Gasteiger partial charge in [0.1, 0.15) is 0 Å². The molecule has 2 aromatic heterocycles. The summed E-state index contributed by atoms with van der Waals surface area (Å²) >= 11 is 0. The van der Waals surface area contributed by atoms with Crippen molar-refractivity contribution in [1.82, 2.24) is 24.9 Å². The van der Waals surface area contributed by atoms with Crippen LogP contribution in [0.15, 0.2) is 176 Å². The summed E-state index contributed by atoms with van der Waals surface area (Å²) in [6.07, 6.45) is 3.54. The Kier molecular flexibility index (Phi) is 7.41. The molecule has 50 heavy (non-hydrogen) atoms. The Bertz CT molecular complexity index is 2580. The molecule has 0 bridgehead atoms. The highest BCUT2D eigenvalue weighted by molar-refractivity contribution is 6.14. The van der Waals surface area contributed by atoms with Gasteiger partial charge in [-0.15, -0.1) is 0 Å². The van der Waals surface area contributed by atoms with E-state index in [0.717, 1.165) is 44.5 Å². The van der Waals surface area contributed by atoms with Crippen molar-refractivity contribution >= 4 is 21.5 Å². The SMILES string of the molecule is c1ccc(-c2nc(-c3ccccc3)nc(-c3cc(-c4cccc(-c5ncccn5)c4)cc(-c4cc5ccccc5c5ccccc45)c3)n2)cc1. The van der Waals surface area contributed by atoms with E-state index in [1.165, 1.54) is 21.5 Å². The first kappa shape index (κ1) is 29.3. The number of hydrogen-bond acceptors (Lipinski definition) is 5. The number of aromatic nitrogens is 5. The third-order valence-electron chi connectivity index (χ3n) is 8.99. The minimum Gasteiger partial charge on any atom is -0.237 e. The van der Waals surface area contributed by atoms with Crippen LogP contribution in [0.4, 0.5) is 0 Å². The quantitative estimate of drug-likeness (QED) is 0.169. The molecule has 2 heterocycles. The maximum Gasteiger partial charge on any atom is 0.164 e. The predicted molar refractivity (Wildman–Crippen MR) is 203 cm³/mol. The van der Waals surface area contributed by atoms with Crippen molar-refractivity contribution < 1.29 is 0 Å². The summed E-state index contributed by atoms with van der Waals surface area (Å²) in [5.74, 6) is 2.54. The molecule has 0 saturated heterocycles. The number of nitrogens with zero attached hydrogens (tertiary/aromatic N) is 5. The van der Waals surface area contributed by atoms with Gasteiger partial charge in [0.05, 0.1) is 0 Å². The molecular weight excluding hydrogens is 611 g/mol. The van der Waals surface area contributed by atoms with E-state index in [9.17, 15) is 0 Å². The zero-order chi connectivity index (χ0) is 33.3. The lowest BCUT2D eigenvalue weighted by Gasteiger charge is -2.15. The predicted octanol–water partition coefficient (Wildman–Crippen LogP) is 11.0. The average molecular weight is 640 g/mol. The van der Waals surface area contributed by atoms with Gasteiger partial charge in [-0.2, -0.15) is 0 Å². The van der Waals surface area contributed by atoms with Gasteiger partial charge in [-0.1, -0.05) is 127 Å². The van der Waals surface area contributed by atoms with Crippen LogP contribution in [-0.4, -0.2) is 24.9 Å². The van der Waals surface area contributed by atoms with Crippen LogP contribution in [0.3, 0.4) is 0 Å². The molecule has 5 heteroatoms. The zero-order valence-electron chi connectivity index (χ0n) is 27.0. The lowest BCUT2D eigenvalue weighted by atomic mass is 9.90. The second kappa shape index (κ2) is 12.6. The summed E-state index contributed by atoms with van der Waals surface area (Å²) < 4.78 is 0. The summed E-state index contributed by atoms with van der Waals surface area (Å²) in [5.41, 5.74) is 8.01. The first-order valence-electron chi connectivity index (χ1n) is 16.6. The fraction of sp³-hybridized carbons (Fsp3) is 0. The highest BCUT2D eigenvalue weighted by Crippen LogP contribution is 2.39. The Morgan fingerprint density at radius 2 is 0.780 bits per heavy atom. The normalized spacial score (nSPS) is 11.2. The maximum atomic E-state index is 5.10. The molecule has 0 N–H and O–H groups in total. The second-order valence-electron chi connectivity index (χ2n) is 12.2. The Balaban J connectivity index is 1.31. The minimum atomic E-state index is 0.605. The molecule has 7 aromatic carbocycles. The van der Waals surface area contributed by atoms with Crippen molar-refractivity contribution in [2.24, 2.45) is 0 Å². The Hall–Kier alpha value is -6.85. The number of hydrogen-bond donors (Lipinski definition) is 0. The van der Waals surface area contributed by atoms with E-state index in [-0.39, 0.29) is 0 Å². The van der Waals surface area contributed by atoms with Gasteiger partial charge in [-0.05, 0) is 80.2 Å². The summed E-state index contributed by atoms with van der Waals surface area (Å²) in [6.45, 7) is 0. The van der Waals surface area contributed by atoms with Gasteiger partial charge in [-0.3, -0.25) is 0 Å². The van der Waals surface area contributed by atoms with E-state index in [0.29, 0.717) is 23.3 Å². The summed E-state index contributed by atoms with van der Waals surface area (Å²) in [5, 5.41) is 4.82. The Labute approximate surface area is 289 Å². The van der Waals surface area contributed by atoms with Gasteiger partial charge < -0.3 is 0 Å². The molecule has 0 aliphatic heterocycles. The maximum absolute atomic E-state index is 5.10. The van der Waals surface area contributed by atoms with E-state index in [1.807, 2.05) is 72.8 Å². The molecular formula is C45H29N5. The van der Waals surface area contributed by atoms with Gasteiger partial charge in [0, 0.05) is 34.6 Å². The van der Waals surface area contributed by atoms with E-state index in [2.05, 4.69) is 101 Å². The smallest absolute Gasteiger partial charge is 0.164 e. The summed E-state index contributed by atoms with van der Waals surface area (Å²) in [4.78, 5) is 24.2. The van der Waals surface area contributed by atoms with Crippen LogP contribution < -0.4 is 0 Å². The molecule has 5 nitrogen and oxygen atoms in total. The van der Waals surface area contributed by atoms with Crippen molar-refractivity contribution in [2.75, 3.05) is 0 Å². The molecule has 234 valence electrons. The lowest BCUT2D eigenvalue weighted by Crippen LogP contribution is -2.00. The van der Waals surface area contributed by atoms with Crippen molar-refractivity contribution in [2.45, 2.75) is 0 Å². The Morgan fingerprint density at radius 1 is 0.280 bits per heavy atom. The Morgan fingerprint density at radius 3 is 1.48 bits per heavy atom. The zero-order valence-corrected chi connectivity index (χ0v) is 27.0. The standard InChI is InChI=1S/C45H29N5/c1-3-13-30(14-4-1)43-48-44(31-15-5-2-6-16-31)50-45(49-43)37-27-35(32-18-11-19-34(25-32)42-46-23-12-24-47-42)26-36(28-37)41-29-33-17-7-8-20-38(33)39-21-9-10-22-40(39)41/h1-29H. The largest absolute Gasteiger partial charge is 0.237 e. The molecule has 9 aromatic rings. The van der Waals surface area contributed by atoms with E-state index in [4.69, 9.17) is 15.0 Å². The third kappa shape index (κ3) is 5.57. The van der Waals surface area contributed by atoms with Gasteiger partial charge in [-0.25, -0.2) is 24.9 Å². The van der Waals surface area contributed by atoms with Crippen LogP contribution in [0.1, 0.15) is 0 Å². The fourth-order valence-electron chi connectivity index (χ4n) is 6.60. The van der Waals surface area contributed by atoms with Crippen LogP contribution in [-0.2, 0) is 0 Å². The molecule has 0 radical (unpaired) electrons. The van der Waals surface area contributed by atoms with Gasteiger partial charge in [0.25, 0.3) is 0 Å². The van der Waals surface area contributed by atoms with Crippen molar-refractivity contribution in [3.8, 4) is 67.8 Å². The molecule has 0 aliphatic carbocycles. The van der Waals surface area contributed by atoms with E-state index < -0.39 is 0 Å². The summed E-state index contributed by atoms with van der Waals surface area (Å²) in [6, 6.07) is 56.6. The molecule has 0 unspecified atom stereocenters. The highest BCUT2D eigenvalue weighted by Gasteiger charge is 2.17. The topological polar surface area (TPSA) is 64.5 Å². The molecule has 0 amide bonds. The molecule has 0 aliphatic rings. The molecule has 0 spiro atoms. The van der Waals surface area contributed by atoms with Crippen LogP contribution in [0.25, 0.3) is 89.4 Å². The van der Waals surface area contributed by atoms with Gasteiger partial charge >= 0.3 is 0 Å². The average Bonchev–Trinajstić information content (AvgIpc) is 3.21. The van der Waals surface area contributed by atoms with Crippen molar-refractivity contribution in [1.29, 1.82) is 0 Å². The summed E-state index contributed by atoms with van der Waals surface area (Å²) in [7, 11) is 0. The molecule has 0 atom stereocenters. The van der Waals surface area contributed by atoms with Gasteiger partial charge in [0.15, 0.2) is 23.3 Å². The van der Waals surface area contributed by atoms with Crippen molar-refractivity contribution in [3.63, 3.8) is 0 Å². The number of rotatable bonds is 6. The molecule has 0 fully saturated rings. The van der Waals surface area contributed by atoms with E-state index >= 15 is 0 Å². The molecule has 9 rings (SSSR count). The first-order valence-corrected chi connectivity index (χ1v) is 16.6. The number of benzene rings is 7. The van der Waals surface area contributed by atoms with E-state index in [1.54, 1.807) is 12.4 Å². The fourth-order valence-corrected chi connectivity index (χ4v) is 6.60. The first-order chi connectivity index (χ1) is 24.8. The van der Waals surface area contributed by atoms with Crippen molar-refractivity contribution in [3.05, 3.63) is 176 Å². The highest BCUT2D eigenvalue weighted by atomic mass is 15.0. The minimum absolute atomic E-state index is 0.605. The second-order valence-corrected chi connectivity index (χ2v) is 12.2. The van der Waals surface area contributed by atoms with Gasteiger partial charge in [0.2, 0.25) is 0 Å². The third-order valence-corrected chi connectivity index (χ3v) is 8.99.